The Morgan fingerprint density at radius 2 is 2.00 bits per heavy atom. The second kappa shape index (κ2) is 6.17. The number of aromatic amines is 1. The topological polar surface area (TPSA) is 22.3 Å². The van der Waals surface area contributed by atoms with Crippen molar-refractivity contribution in [2.75, 3.05) is 39.8 Å². The van der Waals surface area contributed by atoms with Crippen molar-refractivity contribution in [2.45, 2.75) is 12.8 Å². The Labute approximate surface area is 125 Å². The summed E-state index contributed by atoms with van der Waals surface area (Å²) in [7, 11) is 2.20. The molecule has 20 heavy (non-hydrogen) atoms. The van der Waals surface area contributed by atoms with Crippen LogP contribution in [0.1, 0.15) is 12.0 Å². The molecule has 3 nitrogen and oxygen atoms in total. The van der Waals surface area contributed by atoms with Crippen LogP contribution in [-0.4, -0.2) is 54.6 Å². The molecule has 4 heteroatoms. The lowest BCUT2D eigenvalue weighted by atomic mass is 10.1. The van der Waals surface area contributed by atoms with Crippen LogP contribution in [0, 0.1) is 0 Å². The summed E-state index contributed by atoms with van der Waals surface area (Å²) in [5.41, 5.74) is 2.46. The number of para-hydroxylation sites is 1. The minimum Gasteiger partial charge on any atom is -0.360 e. The number of fused-ring (bicyclic) bond motifs is 1. The average Bonchev–Trinajstić information content (AvgIpc) is 2.86. The highest BCUT2D eigenvalue weighted by Gasteiger charge is 2.13. The van der Waals surface area contributed by atoms with E-state index in [4.69, 9.17) is 11.6 Å². The predicted octanol–water partition coefficient (Wildman–Crippen LogP) is 3.00. The van der Waals surface area contributed by atoms with Gasteiger partial charge in [0.2, 0.25) is 0 Å². The summed E-state index contributed by atoms with van der Waals surface area (Å²) in [6.07, 6.45) is 4.44. The molecular weight excluding hydrogens is 270 g/mol. The van der Waals surface area contributed by atoms with Crippen LogP contribution in [-0.2, 0) is 6.42 Å². The zero-order valence-electron chi connectivity index (χ0n) is 12.0. The molecule has 1 aliphatic heterocycles. The number of rotatable bonds is 4. The molecule has 1 fully saturated rings. The van der Waals surface area contributed by atoms with Crippen LogP contribution in [0.3, 0.4) is 0 Å². The van der Waals surface area contributed by atoms with Crippen molar-refractivity contribution in [3.63, 3.8) is 0 Å². The molecule has 0 atom stereocenters. The molecule has 1 aromatic carbocycles. The van der Waals surface area contributed by atoms with E-state index in [0.29, 0.717) is 0 Å². The van der Waals surface area contributed by atoms with E-state index in [1.165, 1.54) is 50.1 Å². The highest BCUT2D eigenvalue weighted by Crippen LogP contribution is 2.25. The van der Waals surface area contributed by atoms with Gasteiger partial charge in [-0.25, -0.2) is 0 Å². The average molecular weight is 292 g/mol. The van der Waals surface area contributed by atoms with Crippen LogP contribution in [0.4, 0.5) is 0 Å². The normalized spacial score (nSPS) is 17.9. The molecule has 0 saturated carbocycles. The van der Waals surface area contributed by atoms with E-state index in [2.05, 4.69) is 34.1 Å². The van der Waals surface area contributed by atoms with Gasteiger partial charge in [-0.3, -0.25) is 0 Å². The molecule has 1 saturated heterocycles. The molecule has 0 unspecified atom stereocenters. The zero-order chi connectivity index (χ0) is 13.9. The first-order valence-corrected chi connectivity index (χ1v) is 7.77. The first kappa shape index (κ1) is 13.9. The van der Waals surface area contributed by atoms with Crippen molar-refractivity contribution in [2.24, 2.45) is 0 Å². The lowest BCUT2D eigenvalue weighted by Gasteiger charge is -2.32. The monoisotopic (exact) mass is 291 g/mol. The number of benzene rings is 1. The van der Waals surface area contributed by atoms with Crippen LogP contribution in [0.5, 0.6) is 0 Å². The number of aryl methyl sites for hydroxylation is 1. The van der Waals surface area contributed by atoms with Crippen molar-refractivity contribution in [1.29, 1.82) is 0 Å². The Morgan fingerprint density at radius 1 is 1.20 bits per heavy atom. The fraction of sp³-hybridized carbons (Fsp3) is 0.500. The summed E-state index contributed by atoms with van der Waals surface area (Å²) in [6.45, 7) is 6.00. The van der Waals surface area contributed by atoms with Gasteiger partial charge in [-0.2, -0.15) is 0 Å². The third kappa shape index (κ3) is 3.00. The van der Waals surface area contributed by atoms with E-state index in [-0.39, 0.29) is 0 Å². The summed E-state index contributed by atoms with van der Waals surface area (Å²) in [5.74, 6) is 0. The molecule has 108 valence electrons. The summed E-state index contributed by atoms with van der Waals surface area (Å²) in [6, 6.07) is 6.12. The Bertz CT molecular complexity index is 570. The predicted molar refractivity (Wildman–Crippen MR) is 85.6 cm³/mol. The van der Waals surface area contributed by atoms with Crippen LogP contribution in [0.25, 0.3) is 10.9 Å². The summed E-state index contributed by atoms with van der Waals surface area (Å²) in [4.78, 5) is 8.27. The molecule has 0 bridgehead atoms. The van der Waals surface area contributed by atoms with Crippen molar-refractivity contribution in [3.05, 3.63) is 35.0 Å². The molecule has 1 aliphatic rings. The van der Waals surface area contributed by atoms with Crippen LogP contribution >= 0.6 is 11.6 Å². The Morgan fingerprint density at radius 3 is 2.80 bits per heavy atom. The highest BCUT2D eigenvalue weighted by atomic mass is 35.5. The van der Waals surface area contributed by atoms with Gasteiger partial charge in [0.1, 0.15) is 0 Å². The molecule has 0 amide bonds. The second-order valence-corrected chi connectivity index (χ2v) is 6.13. The number of aromatic nitrogens is 1. The molecule has 2 heterocycles. The molecule has 2 aromatic rings. The Hall–Kier alpha value is -1.03. The number of nitrogens with one attached hydrogen (secondary N) is 1. The van der Waals surface area contributed by atoms with Gasteiger partial charge in [0.25, 0.3) is 0 Å². The smallest absolute Gasteiger partial charge is 0.0647 e. The molecule has 1 N–H and O–H groups in total. The van der Waals surface area contributed by atoms with Crippen molar-refractivity contribution in [1.82, 2.24) is 14.8 Å². The largest absolute Gasteiger partial charge is 0.360 e. The fourth-order valence-corrected chi connectivity index (χ4v) is 3.18. The number of hydrogen-bond donors (Lipinski definition) is 1. The van der Waals surface area contributed by atoms with Gasteiger partial charge in [-0.15, -0.1) is 0 Å². The minimum absolute atomic E-state index is 0.813. The van der Waals surface area contributed by atoms with Crippen molar-refractivity contribution >= 4 is 22.5 Å². The number of piperazine rings is 1. The lowest BCUT2D eigenvalue weighted by molar-refractivity contribution is 0.153. The van der Waals surface area contributed by atoms with Gasteiger partial charge in [0.05, 0.1) is 10.5 Å². The first-order chi connectivity index (χ1) is 9.74. The standard InChI is InChI=1S/C16H22ClN3/c1-19-8-10-20(11-9-19)7-3-4-13-12-18-16-14(13)5-2-6-15(16)17/h2,5-6,12,18H,3-4,7-11H2,1H3. The van der Waals surface area contributed by atoms with Crippen LogP contribution in [0.2, 0.25) is 5.02 Å². The van der Waals surface area contributed by atoms with Crippen molar-refractivity contribution in [3.8, 4) is 0 Å². The molecular formula is C16H22ClN3. The zero-order valence-corrected chi connectivity index (χ0v) is 12.8. The van der Waals surface area contributed by atoms with Gasteiger partial charge in [0.15, 0.2) is 0 Å². The number of likely N-dealkylation sites (N-methyl/N-ethyl adjacent to an activating group) is 1. The quantitative estimate of drug-likeness (QED) is 0.935. The maximum Gasteiger partial charge on any atom is 0.0647 e. The van der Waals surface area contributed by atoms with Gasteiger partial charge < -0.3 is 14.8 Å². The van der Waals surface area contributed by atoms with Crippen LogP contribution < -0.4 is 0 Å². The van der Waals surface area contributed by atoms with E-state index in [9.17, 15) is 0 Å². The van der Waals surface area contributed by atoms with Gasteiger partial charge >= 0.3 is 0 Å². The fourth-order valence-electron chi connectivity index (χ4n) is 2.95. The van der Waals surface area contributed by atoms with Gasteiger partial charge in [0, 0.05) is 37.8 Å². The highest BCUT2D eigenvalue weighted by molar-refractivity contribution is 6.35. The maximum absolute atomic E-state index is 6.20. The molecule has 1 aromatic heterocycles. The summed E-state index contributed by atoms with van der Waals surface area (Å²) < 4.78 is 0. The third-order valence-corrected chi connectivity index (χ3v) is 4.58. The Kier molecular flexibility index (Phi) is 4.29. The van der Waals surface area contributed by atoms with Crippen molar-refractivity contribution < 1.29 is 0 Å². The number of nitrogens with zero attached hydrogens (tertiary/aromatic N) is 2. The van der Waals surface area contributed by atoms with E-state index in [0.717, 1.165) is 17.0 Å². The molecule has 0 spiro atoms. The lowest BCUT2D eigenvalue weighted by Crippen LogP contribution is -2.44. The van der Waals surface area contributed by atoms with E-state index in [1.54, 1.807) is 0 Å². The first-order valence-electron chi connectivity index (χ1n) is 7.39. The van der Waals surface area contributed by atoms with Gasteiger partial charge in [-0.1, -0.05) is 23.7 Å². The molecule has 0 radical (unpaired) electrons. The van der Waals surface area contributed by atoms with E-state index >= 15 is 0 Å². The Balaban J connectivity index is 1.56. The van der Waals surface area contributed by atoms with E-state index < -0.39 is 0 Å². The number of H-pyrrole nitrogens is 1. The summed E-state index contributed by atoms with van der Waals surface area (Å²) in [5, 5.41) is 2.09. The SMILES string of the molecule is CN1CCN(CCCc2c[nH]c3c(Cl)cccc23)CC1. The number of halogens is 1. The third-order valence-electron chi connectivity index (χ3n) is 4.27. The molecule has 0 aliphatic carbocycles. The maximum atomic E-state index is 6.20. The van der Waals surface area contributed by atoms with Gasteiger partial charge in [-0.05, 0) is 38.1 Å². The van der Waals surface area contributed by atoms with Crippen LogP contribution in [0.15, 0.2) is 24.4 Å². The second-order valence-electron chi connectivity index (χ2n) is 5.72. The number of hydrogen-bond acceptors (Lipinski definition) is 2. The molecule has 3 rings (SSSR count). The van der Waals surface area contributed by atoms with E-state index in [1.807, 2.05) is 12.1 Å². The summed E-state index contributed by atoms with van der Waals surface area (Å²) >= 11 is 6.20. The minimum atomic E-state index is 0.813.